The van der Waals surface area contributed by atoms with Crippen LogP contribution in [0.2, 0.25) is 0 Å². The molecule has 2 nitrogen and oxygen atoms in total. The van der Waals surface area contributed by atoms with Crippen LogP contribution in [-0.4, -0.2) is 12.9 Å². The average Bonchev–Trinajstić information content (AvgIpc) is 2.39. The summed E-state index contributed by atoms with van der Waals surface area (Å²) >= 11 is 0. The fourth-order valence-electron chi connectivity index (χ4n) is 2.41. The van der Waals surface area contributed by atoms with Gasteiger partial charge in [0, 0.05) is 13.0 Å². The highest BCUT2D eigenvalue weighted by atomic mass is 16.5. The van der Waals surface area contributed by atoms with E-state index in [0.29, 0.717) is 6.42 Å². The molecule has 1 aliphatic carbocycles. The first-order valence-electron chi connectivity index (χ1n) is 6.46. The van der Waals surface area contributed by atoms with Crippen molar-refractivity contribution in [3.8, 4) is 0 Å². The molecule has 0 bridgehead atoms. The van der Waals surface area contributed by atoms with Crippen molar-refractivity contribution >= 4 is 6.29 Å². The molecule has 0 amide bonds. The summed E-state index contributed by atoms with van der Waals surface area (Å²) in [5.74, 6) is 0. The van der Waals surface area contributed by atoms with Crippen molar-refractivity contribution in [3.05, 3.63) is 35.4 Å². The van der Waals surface area contributed by atoms with Gasteiger partial charge in [-0.2, -0.15) is 0 Å². The van der Waals surface area contributed by atoms with Gasteiger partial charge in [-0.25, -0.2) is 0 Å². The number of aryl methyl sites for hydroxylation is 1. The smallest absolute Gasteiger partial charge is 0.198 e. The maximum Gasteiger partial charge on any atom is 0.198 e. The minimum atomic E-state index is 0.264. The number of hydrogen-bond donors (Lipinski definition) is 0. The summed E-state index contributed by atoms with van der Waals surface area (Å²) in [6.45, 7) is 0.751. The monoisotopic (exact) mass is 231 g/mol. The van der Waals surface area contributed by atoms with Crippen LogP contribution in [0.15, 0.2) is 24.3 Å². The summed E-state index contributed by atoms with van der Waals surface area (Å²) < 4.78 is 5.93. The Morgan fingerprint density at radius 2 is 2.18 bits per heavy atom. The maximum absolute atomic E-state index is 10.1. The van der Waals surface area contributed by atoms with E-state index in [1.54, 1.807) is 0 Å². The predicted molar refractivity (Wildman–Crippen MR) is 67.6 cm³/mol. The lowest BCUT2D eigenvalue weighted by Crippen LogP contribution is -2.13. The SMILES string of the molecule is O=[C]CCCCOC1CCCc2ccccc21. The molecular weight excluding hydrogens is 212 g/mol. The van der Waals surface area contributed by atoms with E-state index in [0.717, 1.165) is 25.9 Å². The van der Waals surface area contributed by atoms with Crippen LogP contribution in [0.4, 0.5) is 0 Å². The summed E-state index contributed by atoms with van der Waals surface area (Å²) in [6.07, 6.45) is 8.06. The molecule has 0 saturated carbocycles. The second-order valence-corrected chi connectivity index (χ2v) is 4.55. The summed E-state index contributed by atoms with van der Waals surface area (Å²) in [5, 5.41) is 0. The Labute approximate surface area is 103 Å². The van der Waals surface area contributed by atoms with Crippen LogP contribution < -0.4 is 0 Å². The van der Waals surface area contributed by atoms with Gasteiger partial charge >= 0.3 is 0 Å². The molecule has 0 spiro atoms. The zero-order chi connectivity index (χ0) is 11.9. The second-order valence-electron chi connectivity index (χ2n) is 4.55. The van der Waals surface area contributed by atoms with E-state index in [-0.39, 0.29) is 6.10 Å². The van der Waals surface area contributed by atoms with Crippen molar-refractivity contribution in [2.24, 2.45) is 0 Å². The van der Waals surface area contributed by atoms with Gasteiger partial charge in [0.05, 0.1) is 6.10 Å². The lowest BCUT2D eigenvalue weighted by Gasteiger charge is -2.25. The number of hydrogen-bond acceptors (Lipinski definition) is 2. The van der Waals surface area contributed by atoms with Gasteiger partial charge in [-0.05, 0) is 43.2 Å². The Morgan fingerprint density at radius 3 is 3.06 bits per heavy atom. The molecule has 0 aliphatic heterocycles. The van der Waals surface area contributed by atoms with E-state index in [2.05, 4.69) is 24.3 Å². The molecule has 1 aliphatic rings. The zero-order valence-electron chi connectivity index (χ0n) is 10.2. The second kappa shape index (κ2) is 6.55. The van der Waals surface area contributed by atoms with E-state index >= 15 is 0 Å². The van der Waals surface area contributed by atoms with Gasteiger partial charge in [0.1, 0.15) is 0 Å². The van der Waals surface area contributed by atoms with Crippen LogP contribution in [-0.2, 0) is 16.0 Å². The fourth-order valence-corrected chi connectivity index (χ4v) is 2.41. The van der Waals surface area contributed by atoms with Gasteiger partial charge in [0.15, 0.2) is 6.29 Å². The Bertz CT molecular complexity index is 360. The van der Waals surface area contributed by atoms with Crippen LogP contribution in [0.25, 0.3) is 0 Å². The molecule has 17 heavy (non-hydrogen) atoms. The zero-order valence-corrected chi connectivity index (χ0v) is 10.2. The first kappa shape index (κ1) is 12.3. The number of fused-ring (bicyclic) bond motifs is 1. The highest BCUT2D eigenvalue weighted by Crippen LogP contribution is 2.32. The minimum Gasteiger partial charge on any atom is -0.374 e. The van der Waals surface area contributed by atoms with Gasteiger partial charge < -0.3 is 4.74 Å². The van der Waals surface area contributed by atoms with E-state index < -0.39 is 0 Å². The number of benzene rings is 1. The number of rotatable bonds is 6. The van der Waals surface area contributed by atoms with Crippen LogP contribution in [0.3, 0.4) is 0 Å². The van der Waals surface area contributed by atoms with E-state index in [4.69, 9.17) is 4.74 Å². The third-order valence-corrected chi connectivity index (χ3v) is 3.31. The summed E-state index contributed by atoms with van der Waals surface area (Å²) in [6, 6.07) is 8.56. The van der Waals surface area contributed by atoms with Gasteiger partial charge in [0.2, 0.25) is 0 Å². The van der Waals surface area contributed by atoms with E-state index in [1.807, 2.05) is 6.29 Å². The Morgan fingerprint density at radius 1 is 1.29 bits per heavy atom. The first-order chi connectivity index (χ1) is 8.42. The Hall–Kier alpha value is -1.15. The predicted octanol–water partition coefficient (Wildman–Crippen LogP) is 3.36. The van der Waals surface area contributed by atoms with Gasteiger partial charge in [0.25, 0.3) is 0 Å². The average molecular weight is 231 g/mol. The van der Waals surface area contributed by atoms with Crippen molar-refractivity contribution in [2.45, 2.75) is 44.6 Å². The van der Waals surface area contributed by atoms with Crippen LogP contribution in [0.1, 0.15) is 49.3 Å². The molecule has 1 aromatic rings. The largest absolute Gasteiger partial charge is 0.374 e. The van der Waals surface area contributed by atoms with Gasteiger partial charge in [-0.1, -0.05) is 24.3 Å². The standard InChI is InChI=1S/C15H19O2/c16-11-4-1-5-12-17-15-10-6-8-13-7-2-3-9-14(13)15/h2-3,7,9,15H,1,4-6,8,10,12H2. The normalized spacial score (nSPS) is 18.7. The summed E-state index contributed by atoms with van der Waals surface area (Å²) in [5.41, 5.74) is 2.80. The van der Waals surface area contributed by atoms with Crippen molar-refractivity contribution in [3.63, 3.8) is 0 Å². The maximum atomic E-state index is 10.1. The van der Waals surface area contributed by atoms with Gasteiger partial charge in [-0.15, -0.1) is 0 Å². The van der Waals surface area contributed by atoms with Crippen LogP contribution >= 0.6 is 0 Å². The highest BCUT2D eigenvalue weighted by molar-refractivity contribution is 5.50. The molecule has 2 heteroatoms. The van der Waals surface area contributed by atoms with E-state index in [1.165, 1.54) is 24.0 Å². The number of carbonyl (C=O) groups excluding carboxylic acids is 1. The van der Waals surface area contributed by atoms with Gasteiger partial charge in [-0.3, -0.25) is 4.79 Å². The highest BCUT2D eigenvalue weighted by Gasteiger charge is 2.19. The lowest BCUT2D eigenvalue weighted by molar-refractivity contribution is 0.0387. The molecule has 0 heterocycles. The molecule has 0 saturated heterocycles. The molecule has 1 aromatic carbocycles. The van der Waals surface area contributed by atoms with E-state index in [9.17, 15) is 4.79 Å². The van der Waals surface area contributed by atoms with Crippen molar-refractivity contribution in [1.82, 2.24) is 0 Å². The molecule has 0 aromatic heterocycles. The molecule has 1 unspecified atom stereocenters. The number of ether oxygens (including phenoxy) is 1. The third-order valence-electron chi connectivity index (χ3n) is 3.31. The third kappa shape index (κ3) is 3.40. The number of unbranched alkanes of at least 4 members (excludes halogenated alkanes) is 2. The van der Waals surface area contributed by atoms with Crippen LogP contribution in [0, 0.1) is 0 Å². The van der Waals surface area contributed by atoms with Crippen molar-refractivity contribution in [1.29, 1.82) is 0 Å². The topological polar surface area (TPSA) is 26.3 Å². The Kier molecular flexibility index (Phi) is 4.75. The lowest BCUT2D eigenvalue weighted by atomic mass is 9.89. The molecule has 1 radical (unpaired) electrons. The summed E-state index contributed by atoms with van der Waals surface area (Å²) in [4.78, 5) is 10.1. The molecular formula is C15H19O2. The molecule has 1 atom stereocenters. The molecule has 0 N–H and O–H groups in total. The van der Waals surface area contributed by atoms with Crippen molar-refractivity contribution < 1.29 is 9.53 Å². The molecule has 0 fully saturated rings. The quantitative estimate of drug-likeness (QED) is 0.702. The first-order valence-corrected chi connectivity index (χ1v) is 6.46. The van der Waals surface area contributed by atoms with Crippen LogP contribution in [0.5, 0.6) is 0 Å². The minimum absolute atomic E-state index is 0.264. The van der Waals surface area contributed by atoms with Crippen molar-refractivity contribution in [2.75, 3.05) is 6.61 Å². The fraction of sp³-hybridized carbons (Fsp3) is 0.533. The Balaban J connectivity index is 1.84. The molecule has 91 valence electrons. The summed E-state index contributed by atoms with van der Waals surface area (Å²) in [7, 11) is 0. The molecule has 2 rings (SSSR count).